The number of hydrogen-bond donors (Lipinski definition) is 1. The number of rotatable bonds is 2. The Morgan fingerprint density at radius 1 is 1.24 bits per heavy atom. The van der Waals surface area contributed by atoms with E-state index in [2.05, 4.69) is 10.3 Å². The molecule has 0 saturated carbocycles. The standard InChI is InChI=1S/C14H12Cl2N4O/c1-7-9(6-20(2)18-7)13-12(14(17)21-19-13)8-3-4-10(15)11(16)5-8/h3-6H,17H2,1-2H3. The molecule has 7 heteroatoms. The maximum absolute atomic E-state index is 6.08. The predicted octanol–water partition coefficient (Wildman–Crippen LogP) is 3.94. The minimum absolute atomic E-state index is 0.228. The zero-order valence-electron chi connectivity index (χ0n) is 11.4. The van der Waals surface area contributed by atoms with Crippen LogP contribution in [0.3, 0.4) is 0 Å². The first-order valence-corrected chi connectivity index (χ1v) is 6.94. The van der Waals surface area contributed by atoms with E-state index < -0.39 is 0 Å². The fourth-order valence-corrected chi connectivity index (χ4v) is 2.55. The Morgan fingerprint density at radius 2 is 2.00 bits per heavy atom. The maximum atomic E-state index is 6.08. The number of aryl methyl sites for hydroxylation is 2. The van der Waals surface area contributed by atoms with E-state index in [4.69, 9.17) is 33.5 Å². The van der Waals surface area contributed by atoms with Crippen molar-refractivity contribution >= 4 is 29.1 Å². The van der Waals surface area contributed by atoms with E-state index in [-0.39, 0.29) is 5.88 Å². The summed E-state index contributed by atoms with van der Waals surface area (Å²) in [6.45, 7) is 1.90. The van der Waals surface area contributed by atoms with Crippen LogP contribution < -0.4 is 5.73 Å². The Labute approximate surface area is 131 Å². The first-order chi connectivity index (χ1) is 9.97. The van der Waals surface area contributed by atoms with E-state index in [0.29, 0.717) is 21.3 Å². The van der Waals surface area contributed by atoms with Gasteiger partial charge < -0.3 is 10.3 Å². The van der Waals surface area contributed by atoms with E-state index in [1.807, 2.05) is 26.2 Å². The summed E-state index contributed by atoms with van der Waals surface area (Å²) in [7, 11) is 1.85. The molecule has 2 N–H and O–H groups in total. The molecule has 0 spiro atoms. The average molecular weight is 323 g/mol. The number of nitrogens with two attached hydrogens (primary N) is 1. The van der Waals surface area contributed by atoms with E-state index in [9.17, 15) is 0 Å². The van der Waals surface area contributed by atoms with Gasteiger partial charge in [0, 0.05) is 18.8 Å². The molecule has 3 rings (SSSR count). The lowest BCUT2D eigenvalue weighted by Crippen LogP contribution is -1.88. The molecular formula is C14H12Cl2N4O. The monoisotopic (exact) mass is 322 g/mol. The van der Waals surface area contributed by atoms with Gasteiger partial charge in [0.25, 0.3) is 0 Å². The summed E-state index contributed by atoms with van der Waals surface area (Å²) in [6.07, 6.45) is 1.87. The molecule has 0 atom stereocenters. The number of halogens is 2. The molecule has 3 aromatic rings. The zero-order valence-corrected chi connectivity index (χ0v) is 12.9. The van der Waals surface area contributed by atoms with Crippen LogP contribution in [0.15, 0.2) is 28.9 Å². The lowest BCUT2D eigenvalue weighted by atomic mass is 10.0. The molecule has 2 aromatic heterocycles. The van der Waals surface area contributed by atoms with Gasteiger partial charge in [-0.15, -0.1) is 0 Å². The minimum Gasteiger partial charge on any atom is -0.367 e. The molecule has 2 heterocycles. The van der Waals surface area contributed by atoms with Crippen LogP contribution in [0.25, 0.3) is 22.4 Å². The molecule has 0 saturated heterocycles. The van der Waals surface area contributed by atoms with Gasteiger partial charge in [0.05, 0.1) is 21.3 Å². The smallest absolute Gasteiger partial charge is 0.230 e. The van der Waals surface area contributed by atoms with Gasteiger partial charge in [0.15, 0.2) is 0 Å². The van der Waals surface area contributed by atoms with Gasteiger partial charge in [-0.1, -0.05) is 34.4 Å². The fourth-order valence-electron chi connectivity index (χ4n) is 2.25. The van der Waals surface area contributed by atoms with E-state index in [1.165, 1.54) is 0 Å². The molecule has 0 amide bonds. The largest absolute Gasteiger partial charge is 0.367 e. The van der Waals surface area contributed by atoms with Crippen molar-refractivity contribution in [3.05, 3.63) is 40.1 Å². The summed E-state index contributed by atoms with van der Waals surface area (Å²) < 4.78 is 6.87. The van der Waals surface area contributed by atoms with Crippen molar-refractivity contribution in [1.82, 2.24) is 14.9 Å². The summed E-state index contributed by atoms with van der Waals surface area (Å²) in [5, 5.41) is 9.30. The van der Waals surface area contributed by atoms with Gasteiger partial charge in [-0.05, 0) is 24.6 Å². The van der Waals surface area contributed by atoms with Gasteiger partial charge in [-0.2, -0.15) is 5.10 Å². The summed E-state index contributed by atoms with van der Waals surface area (Å²) in [5.74, 6) is 0.228. The molecule has 21 heavy (non-hydrogen) atoms. The highest BCUT2D eigenvalue weighted by Gasteiger charge is 2.21. The highest BCUT2D eigenvalue weighted by atomic mass is 35.5. The summed E-state index contributed by atoms with van der Waals surface area (Å²) in [6, 6.07) is 5.28. The van der Waals surface area contributed by atoms with Crippen molar-refractivity contribution in [3.8, 4) is 22.4 Å². The molecule has 0 unspecified atom stereocenters. The number of benzene rings is 1. The molecule has 0 aliphatic heterocycles. The van der Waals surface area contributed by atoms with Crippen LogP contribution in [-0.2, 0) is 7.05 Å². The lowest BCUT2D eigenvalue weighted by molar-refractivity contribution is 0.439. The quantitative estimate of drug-likeness (QED) is 0.775. The number of nitrogen functional groups attached to an aromatic ring is 1. The molecule has 5 nitrogen and oxygen atoms in total. The molecule has 0 radical (unpaired) electrons. The fraction of sp³-hybridized carbons (Fsp3) is 0.143. The van der Waals surface area contributed by atoms with Crippen LogP contribution in [0, 0.1) is 6.92 Å². The van der Waals surface area contributed by atoms with Gasteiger partial charge in [0.1, 0.15) is 5.69 Å². The van der Waals surface area contributed by atoms with Crippen molar-refractivity contribution in [2.45, 2.75) is 6.92 Å². The van der Waals surface area contributed by atoms with Crippen molar-refractivity contribution in [2.75, 3.05) is 5.73 Å². The number of nitrogens with zero attached hydrogens (tertiary/aromatic N) is 3. The Balaban J connectivity index is 2.21. The molecule has 0 fully saturated rings. The Hall–Kier alpha value is -1.98. The average Bonchev–Trinajstić information content (AvgIpc) is 2.95. The first kappa shape index (κ1) is 14.0. The Bertz CT molecular complexity index is 822. The van der Waals surface area contributed by atoms with Crippen LogP contribution >= 0.6 is 23.2 Å². The second kappa shape index (κ2) is 5.09. The maximum Gasteiger partial charge on any atom is 0.230 e. The molecule has 1 aromatic carbocycles. The summed E-state index contributed by atoms with van der Waals surface area (Å²) >= 11 is 12.0. The summed E-state index contributed by atoms with van der Waals surface area (Å²) in [4.78, 5) is 0. The van der Waals surface area contributed by atoms with Gasteiger partial charge in [-0.25, -0.2) is 0 Å². The molecular weight excluding hydrogens is 311 g/mol. The van der Waals surface area contributed by atoms with Crippen LogP contribution in [0.5, 0.6) is 0 Å². The third-order valence-corrected chi connectivity index (χ3v) is 3.93. The molecule has 0 aliphatic carbocycles. The zero-order chi connectivity index (χ0) is 15.1. The minimum atomic E-state index is 0.228. The van der Waals surface area contributed by atoms with E-state index in [1.54, 1.807) is 16.8 Å². The third kappa shape index (κ3) is 2.39. The normalized spacial score (nSPS) is 11.0. The van der Waals surface area contributed by atoms with Crippen molar-refractivity contribution < 1.29 is 4.52 Å². The second-order valence-corrected chi connectivity index (χ2v) is 5.52. The predicted molar refractivity (Wildman–Crippen MR) is 83.3 cm³/mol. The third-order valence-electron chi connectivity index (χ3n) is 3.20. The van der Waals surface area contributed by atoms with Crippen LogP contribution in [0.4, 0.5) is 5.88 Å². The van der Waals surface area contributed by atoms with Gasteiger partial charge in [-0.3, -0.25) is 4.68 Å². The Morgan fingerprint density at radius 3 is 2.62 bits per heavy atom. The van der Waals surface area contributed by atoms with Crippen LogP contribution in [-0.4, -0.2) is 14.9 Å². The highest BCUT2D eigenvalue weighted by Crippen LogP contribution is 2.39. The van der Waals surface area contributed by atoms with Crippen molar-refractivity contribution in [3.63, 3.8) is 0 Å². The Kier molecular flexibility index (Phi) is 3.39. The molecule has 108 valence electrons. The van der Waals surface area contributed by atoms with Crippen molar-refractivity contribution in [1.29, 1.82) is 0 Å². The highest BCUT2D eigenvalue weighted by molar-refractivity contribution is 6.42. The summed E-state index contributed by atoms with van der Waals surface area (Å²) in [5.41, 5.74) is 9.74. The van der Waals surface area contributed by atoms with E-state index >= 15 is 0 Å². The van der Waals surface area contributed by atoms with E-state index in [0.717, 1.165) is 16.8 Å². The number of anilines is 1. The molecule has 0 aliphatic rings. The number of hydrogen-bond acceptors (Lipinski definition) is 4. The van der Waals surface area contributed by atoms with Crippen LogP contribution in [0.2, 0.25) is 10.0 Å². The SMILES string of the molecule is Cc1nn(C)cc1-c1noc(N)c1-c1ccc(Cl)c(Cl)c1. The van der Waals surface area contributed by atoms with Gasteiger partial charge in [0.2, 0.25) is 5.88 Å². The van der Waals surface area contributed by atoms with Crippen molar-refractivity contribution in [2.24, 2.45) is 7.05 Å². The van der Waals surface area contributed by atoms with Crippen LogP contribution in [0.1, 0.15) is 5.69 Å². The second-order valence-electron chi connectivity index (χ2n) is 4.70. The first-order valence-electron chi connectivity index (χ1n) is 6.18. The number of aromatic nitrogens is 3. The van der Waals surface area contributed by atoms with Gasteiger partial charge >= 0.3 is 0 Å². The topological polar surface area (TPSA) is 69.9 Å². The lowest BCUT2D eigenvalue weighted by Gasteiger charge is -2.03. The molecule has 0 bridgehead atoms.